The third-order valence-corrected chi connectivity index (χ3v) is 2.79. The zero-order valence-electron chi connectivity index (χ0n) is 11.3. The molecule has 0 aliphatic heterocycles. The Morgan fingerprint density at radius 3 is 2.63 bits per heavy atom. The zero-order chi connectivity index (χ0) is 14.0. The summed E-state index contributed by atoms with van der Waals surface area (Å²) in [4.78, 5) is 29.5. The number of hydrogen-bond donors (Lipinski definition) is 1. The van der Waals surface area contributed by atoms with E-state index in [9.17, 15) is 9.59 Å². The van der Waals surface area contributed by atoms with Crippen molar-refractivity contribution >= 4 is 11.8 Å². The van der Waals surface area contributed by atoms with Crippen LogP contribution < -0.4 is 10.1 Å². The summed E-state index contributed by atoms with van der Waals surface area (Å²) in [6, 6.07) is 1.63. The van der Waals surface area contributed by atoms with Crippen LogP contribution in [0.3, 0.4) is 0 Å². The molecule has 0 atom stereocenters. The summed E-state index contributed by atoms with van der Waals surface area (Å²) in [5.74, 6) is -0.261. The van der Waals surface area contributed by atoms with Crippen molar-refractivity contribution in [1.82, 2.24) is 15.2 Å². The lowest BCUT2D eigenvalue weighted by molar-refractivity contribution is 0.0812. The summed E-state index contributed by atoms with van der Waals surface area (Å²) in [5, 5.41) is 2.48. The van der Waals surface area contributed by atoms with Crippen molar-refractivity contribution in [2.45, 2.75) is 18.9 Å². The molecule has 1 aliphatic rings. The standard InChI is InChI=1S/C13H17N3O3/c1-14-12(17)11-10(13(18)16(2)3)9(6-7-15-11)19-8-4-5-8/h6-8H,4-5H2,1-3H3,(H,14,17). The topological polar surface area (TPSA) is 71.5 Å². The fourth-order valence-corrected chi connectivity index (χ4v) is 1.63. The molecule has 102 valence electrons. The molecule has 0 bridgehead atoms. The van der Waals surface area contributed by atoms with Crippen LogP contribution in [0.25, 0.3) is 0 Å². The maximum Gasteiger partial charge on any atom is 0.270 e. The van der Waals surface area contributed by atoms with Gasteiger partial charge in [-0.15, -0.1) is 0 Å². The van der Waals surface area contributed by atoms with Crippen LogP contribution in [0.4, 0.5) is 0 Å². The first-order valence-electron chi connectivity index (χ1n) is 6.14. The third-order valence-electron chi connectivity index (χ3n) is 2.79. The van der Waals surface area contributed by atoms with Crippen LogP contribution in [0, 0.1) is 0 Å². The van der Waals surface area contributed by atoms with E-state index in [1.807, 2.05) is 0 Å². The number of nitrogens with zero attached hydrogens (tertiary/aromatic N) is 2. The Hall–Kier alpha value is -2.11. The van der Waals surface area contributed by atoms with E-state index >= 15 is 0 Å². The molecule has 2 amide bonds. The van der Waals surface area contributed by atoms with Crippen molar-refractivity contribution in [3.05, 3.63) is 23.5 Å². The van der Waals surface area contributed by atoms with Gasteiger partial charge in [-0.25, -0.2) is 4.98 Å². The van der Waals surface area contributed by atoms with Crippen molar-refractivity contribution in [3.8, 4) is 5.75 Å². The molecule has 1 aromatic heterocycles. The predicted molar refractivity (Wildman–Crippen MR) is 69.3 cm³/mol. The van der Waals surface area contributed by atoms with Gasteiger partial charge in [0.05, 0.1) is 6.10 Å². The summed E-state index contributed by atoms with van der Waals surface area (Å²) < 4.78 is 5.70. The lowest BCUT2D eigenvalue weighted by Gasteiger charge is -2.16. The number of carbonyl (C=O) groups is 2. The summed E-state index contributed by atoms with van der Waals surface area (Å²) in [5.41, 5.74) is 0.318. The van der Waals surface area contributed by atoms with Crippen molar-refractivity contribution in [3.63, 3.8) is 0 Å². The minimum absolute atomic E-state index is 0.0966. The van der Waals surface area contributed by atoms with Crippen LogP contribution in [0.2, 0.25) is 0 Å². The molecule has 1 fully saturated rings. The quantitative estimate of drug-likeness (QED) is 0.867. The minimum atomic E-state index is -0.397. The number of carbonyl (C=O) groups excluding carboxylic acids is 2. The highest BCUT2D eigenvalue weighted by atomic mass is 16.5. The van der Waals surface area contributed by atoms with Crippen LogP contribution in [0.15, 0.2) is 12.3 Å². The number of rotatable bonds is 4. The molecular weight excluding hydrogens is 246 g/mol. The number of nitrogens with one attached hydrogen (secondary N) is 1. The molecule has 1 aromatic rings. The third kappa shape index (κ3) is 2.83. The fourth-order valence-electron chi connectivity index (χ4n) is 1.63. The van der Waals surface area contributed by atoms with E-state index in [2.05, 4.69) is 10.3 Å². The molecule has 0 aromatic carbocycles. The number of pyridine rings is 1. The van der Waals surface area contributed by atoms with Crippen molar-refractivity contribution < 1.29 is 14.3 Å². The van der Waals surface area contributed by atoms with E-state index in [0.717, 1.165) is 12.8 Å². The number of hydrogen-bond acceptors (Lipinski definition) is 4. The van der Waals surface area contributed by atoms with E-state index in [1.165, 1.54) is 18.1 Å². The molecule has 2 rings (SSSR count). The van der Waals surface area contributed by atoms with E-state index in [-0.39, 0.29) is 23.3 Å². The van der Waals surface area contributed by atoms with Crippen LogP contribution in [-0.2, 0) is 0 Å². The first-order valence-corrected chi connectivity index (χ1v) is 6.14. The highest BCUT2D eigenvalue weighted by Crippen LogP contribution is 2.30. The molecule has 0 radical (unpaired) electrons. The lowest BCUT2D eigenvalue weighted by atomic mass is 10.1. The Balaban J connectivity index is 2.47. The summed E-state index contributed by atoms with van der Waals surface area (Å²) in [6.07, 6.45) is 3.59. The van der Waals surface area contributed by atoms with E-state index in [1.54, 1.807) is 20.2 Å². The second kappa shape index (κ2) is 5.26. The Kier molecular flexibility index (Phi) is 3.69. The van der Waals surface area contributed by atoms with Gasteiger partial charge in [-0.2, -0.15) is 0 Å². The molecule has 0 spiro atoms. The van der Waals surface area contributed by atoms with Crippen LogP contribution in [0.1, 0.15) is 33.7 Å². The maximum absolute atomic E-state index is 12.2. The molecule has 0 unspecified atom stereocenters. The summed E-state index contributed by atoms with van der Waals surface area (Å²) in [7, 11) is 4.76. The number of aromatic nitrogens is 1. The first kappa shape index (κ1) is 13.3. The molecule has 19 heavy (non-hydrogen) atoms. The normalized spacial score (nSPS) is 13.8. The summed E-state index contributed by atoms with van der Waals surface area (Å²) >= 11 is 0. The van der Waals surface area contributed by atoms with Gasteiger partial charge in [0.1, 0.15) is 17.0 Å². The smallest absolute Gasteiger partial charge is 0.270 e. The Labute approximate surface area is 111 Å². The van der Waals surface area contributed by atoms with Crippen LogP contribution >= 0.6 is 0 Å². The van der Waals surface area contributed by atoms with Gasteiger partial charge in [0.25, 0.3) is 11.8 Å². The molecular formula is C13H17N3O3. The minimum Gasteiger partial charge on any atom is -0.489 e. The van der Waals surface area contributed by atoms with Crippen molar-refractivity contribution in [1.29, 1.82) is 0 Å². The average molecular weight is 263 g/mol. The first-order chi connectivity index (χ1) is 9.04. The van der Waals surface area contributed by atoms with E-state index in [0.29, 0.717) is 5.75 Å². The van der Waals surface area contributed by atoms with Gasteiger partial charge in [-0.05, 0) is 18.9 Å². The SMILES string of the molecule is CNC(=O)c1nccc(OC2CC2)c1C(=O)N(C)C. The van der Waals surface area contributed by atoms with Gasteiger partial charge in [0.2, 0.25) is 0 Å². The molecule has 6 nitrogen and oxygen atoms in total. The van der Waals surface area contributed by atoms with Crippen molar-refractivity contribution in [2.24, 2.45) is 0 Å². The van der Waals surface area contributed by atoms with Gasteiger partial charge >= 0.3 is 0 Å². The number of ether oxygens (including phenoxy) is 1. The second-order valence-corrected chi connectivity index (χ2v) is 4.63. The molecule has 1 saturated carbocycles. The fraction of sp³-hybridized carbons (Fsp3) is 0.462. The lowest BCUT2D eigenvalue weighted by Crippen LogP contribution is -2.29. The van der Waals surface area contributed by atoms with E-state index in [4.69, 9.17) is 4.74 Å². The maximum atomic E-state index is 12.2. The van der Waals surface area contributed by atoms with Crippen LogP contribution in [-0.4, -0.2) is 48.9 Å². The van der Waals surface area contributed by atoms with Gasteiger partial charge in [-0.1, -0.05) is 0 Å². The zero-order valence-corrected chi connectivity index (χ0v) is 11.3. The highest BCUT2D eigenvalue weighted by molar-refractivity contribution is 6.07. The van der Waals surface area contributed by atoms with Gasteiger partial charge in [0, 0.05) is 27.3 Å². The average Bonchev–Trinajstić information content (AvgIpc) is 3.20. The molecule has 1 N–H and O–H groups in total. The molecule has 6 heteroatoms. The Morgan fingerprint density at radius 2 is 2.11 bits per heavy atom. The number of amides is 2. The molecule has 1 aliphatic carbocycles. The van der Waals surface area contributed by atoms with E-state index < -0.39 is 5.91 Å². The Morgan fingerprint density at radius 1 is 1.42 bits per heavy atom. The van der Waals surface area contributed by atoms with Crippen molar-refractivity contribution in [2.75, 3.05) is 21.1 Å². The molecule has 1 heterocycles. The largest absolute Gasteiger partial charge is 0.489 e. The van der Waals surface area contributed by atoms with Crippen LogP contribution in [0.5, 0.6) is 5.75 Å². The van der Waals surface area contributed by atoms with Gasteiger partial charge < -0.3 is 15.0 Å². The monoisotopic (exact) mass is 263 g/mol. The predicted octanol–water partition coefficient (Wildman–Crippen LogP) is 0.684. The summed E-state index contributed by atoms with van der Waals surface area (Å²) in [6.45, 7) is 0. The second-order valence-electron chi connectivity index (χ2n) is 4.63. The Bertz CT molecular complexity index is 510. The highest BCUT2D eigenvalue weighted by Gasteiger charge is 2.29. The van der Waals surface area contributed by atoms with Gasteiger partial charge in [0.15, 0.2) is 0 Å². The van der Waals surface area contributed by atoms with Gasteiger partial charge in [-0.3, -0.25) is 9.59 Å². The molecule has 0 saturated heterocycles.